The molecular weight excluding hydrogens is 406 g/mol. The Hall–Kier alpha value is -2.77. The van der Waals surface area contributed by atoms with Gasteiger partial charge < -0.3 is 9.80 Å². The van der Waals surface area contributed by atoms with Gasteiger partial charge in [-0.3, -0.25) is 0 Å². The van der Waals surface area contributed by atoms with E-state index in [1.165, 1.54) is 18.4 Å². The lowest BCUT2D eigenvalue weighted by Gasteiger charge is -2.25. The van der Waals surface area contributed by atoms with Crippen LogP contribution in [0.5, 0.6) is 0 Å². The lowest BCUT2D eigenvalue weighted by molar-refractivity contribution is 0.343. The second-order valence-corrected chi connectivity index (χ2v) is 9.67. The van der Waals surface area contributed by atoms with Crippen molar-refractivity contribution in [1.29, 1.82) is 0 Å². The zero-order valence-corrected chi connectivity index (χ0v) is 17.6. The fraction of sp³-hybridized carbons (Fsp3) is 0.217. The topological polar surface area (TPSA) is 40.6 Å². The quantitative estimate of drug-likeness (QED) is 0.611. The molecule has 3 aromatic rings. The highest BCUT2D eigenvalue weighted by molar-refractivity contribution is 7.90. The van der Waals surface area contributed by atoms with Crippen molar-refractivity contribution in [2.24, 2.45) is 0 Å². The smallest absolute Gasteiger partial charge is 0.175 e. The minimum absolute atomic E-state index is 0.278. The van der Waals surface area contributed by atoms with Crippen LogP contribution in [0.3, 0.4) is 0 Å². The zero-order chi connectivity index (χ0) is 21.5. The largest absolute Gasteiger partial charge is 0.340 e. The fourth-order valence-electron chi connectivity index (χ4n) is 3.77. The Balaban J connectivity index is 1.76. The molecule has 30 heavy (non-hydrogen) atoms. The molecule has 0 saturated carbocycles. The summed E-state index contributed by atoms with van der Waals surface area (Å²) >= 11 is 0. The van der Waals surface area contributed by atoms with E-state index >= 15 is 0 Å². The van der Waals surface area contributed by atoms with Crippen molar-refractivity contribution in [1.82, 2.24) is 4.90 Å². The van der Waals surface area contributed by atoms with Crippen LogP contribution in [0.25, 0.3) is 11.1 Å². The summed E-state index contributed by atoms with van der Waals surface area (Å²) in [7, 11) is -1.24. The van der Waals surface area contributed by atoms with Gasteiger partial charge in [-0.05, 0) is 60.1 Å². The summed E-state index contributed by atoms with van der Waals surface area (Å²) in [4.78, 5) is 4.37. The summed E-state index contributed by atoms with van der Waals surface area (Å²) in [6.07, 6.45) is 1.18. The Morgan fingerprint density at radius 2 is 1.47 bits per heavy atom. The standard InChI is InChI=1S/C23H22F2N2O2S/c1-26-9-10-27(21-13-19(24)12-20(25)14-21)23-8-5-17(11-18(23)15-26)16-3-6-22(7-4-16)30(2,28)29/h3-8,11-14H,9-10,15H2,1-2H3. The summed E-state index contributed by atoms with van der Waals surface area (Å²) in [6, 6.07) is 16.3. The maximum absolute atomic E-state index is 13.8. The predicted octanol–water partition coefficient (Wildman–Crippen LogP) is 4.62. The van der Waals surface area contributed by atoms with E-state index in [2.05, 4.69) is 11.0 Å². The van der Waals surface area contributed by atoms with Gasteiger partial charge in [0.1, 0.15) is 11.6 Å². The van der Waals surface area contributed by atoms with Crippen molar-refractivity contribution in [2.45, 2.75) is 11.4 Å². The number of rotatable bonds is 3. The third kappa shape index (κ3) is 4.22. The van der Waals surface area contributed by atoms with Gasteiger partial charge in [0.2, 0.25) is 0 Å². The first-order chi connectivity index (χ1) is 14.2. The van der Waals surface area contributed by atoms with Gasteiger partial charge >= 0.3 is 0 Å². The van der Waals surface area contributed by atoms with Crippen LogP contribution in [-0.2, 0) is 16.4 Å². The second kappa shape index (κ2) is 7.81. The normalized spacial score (nSPS) is 15.0. The van der Waals surface area contributed by atoms with Crippen LogP contribution in [0.2, 0.25) is 0 Å². The summed E-state index contributed by atoms with van der Waals surface area (Å²) in [6.45, 7) is 2.04. The molecule has 0 bridgehead atoms. The van der Waals surface area contributed by atoms with Crippen molar-refractivity contribution in [3.63, 3.8) is 0 Å². The molecule has 0 aliphatic carbocycles. The van der Waals surface area contributed by atoms with Crippen LogP contribution in [-0.4, -0.2) is 39.7 Å². The zero-order valence-electron chi connectivity index (χ0n) is 16.8. The fourth-order valence-corrected chi connectivity index (χ4v) is 4.40. The van der Waals surface area contributed by atoms with Gasteiger partial charge in [-0.15, -0.1) is 0 Å². The van der Waals surface area contributed by atoms with Crippen molar-refractivity contribution >= 4 is 21.2 Å². The second-order valence-electron chi connectivity index (χ2n) is 7.66. The third-order valence-electron chi connectivity index (χ3n) is 5.29. The molecule has 1 aliphatic heterocycles. The lowest BCUT2D eigenvalue weighted by Crippen LogP contribution is -2.26. The van der Waals surface area contributed by atoms with E-state index in [-0.39, 0.29) is 4.90 Å². The molecule has 0 unspecified atom stereocenters. The summed E-state index contributed by atoms with van der Waals surface area (Å²) in [5, 5.41) is 0. The van der Waals surface area contributed by atoms with E-state index < -0.39 is 21.5 Å². The van der Waals surface area contributed by atoms with Crippen LogP contribution < -0.4 is 4.90 Å². The van der Waals surface area contributed by atoms with Crippen molar-refractivity contribution in [3.8, 4) is 11.1 Å². The SMILES string of the molecule is CN1CCN(c2cc(F)cc(F)c2)c2ccc(-c3ccc(S(C)(=O)=O)cc3)cc2C1. The van der Waals surface area contributed by atoms with E-state index in [1.807, 2.05) is 24.1 Å². The van der Waals surface area contributed by atoms with Crippen LogP contribution in [0.15, 0.2) is 65.6 Å². The van der Waals surface area contributed by atoms with Crippen molar-refractivity contribution < 1.29 is 17.2 Å². The molecule has 156 valence electrons. The molecule has 0 saturated heterocycles. The molecule has 0 aromatic heterocycles. The monoisotopic (exact) mass is 428 g/mol. The number of anilines is 2. The van der Waals surface area contributed by atoms with Crippen molar-refractivity contribution in [2.75, 3.05) is 31.3 Å². The van der Waals surface area contributed by atoms with Gasteiger partial charge in [-0.2, -0.15) is 0 Å². The highest BCUT2D eigenvalue weighted by Crippen LogP contribution is 2.35. The molecule has 1 heterocycles. The Kier molecular flexibility index (Phi) is 5.34. The van der Waals surface area contributed by atoms with Gasteiger partial charge in [0, 0.05) is 43.3 Å². The molecule has 0 spiro atoms. The maximum Gasteiger partial charge on any atom is 0.175 e. The van der Waals surface area contributed by atoms with Gasteiger partial charge in [0.15, 0.2) is 9.84 Å². The summed E-state index contributed by atoms with van der Waals surface area (Å²) in [5.41, 5.74) is 4.27. The average Bonchev–Trinajstić information content (AvgIpc) is 2.84. The minimum atomic E-state index is -3.25. The first-order valence-electron chi connectivity index (χ1n) is 9.56. The molecule has 4 nitrogen and oxygen atoms in total. The van der Waals surface area contributed by atoms with Crippen molar-refractivity contribution in [3.05, 3.63) is 77.9 Å². The maximum atomic E-state index is 13.8. The predicted molar refractivity (Wildman–Crippen MR) is 115 cm³/mol. The average molecular weight is 429 g/mol. The van der Waals surface area contributed by atoms with E-state index in [0.29, 0.717) is 18.8 Å². The third-order valence-corrected chi connectivity index (χ3v) is 6.42. The van der Waals surface area contributed by atoms with E-state index in [4.69, 9.17) is 0 Å². The highest BCUT2D eigenvalue weighted by Gasteiger charge is 2.21. The molecule has 0 amide bonds. The molecule has 0 radical (unpaired) electrons. The van der Waals surface area contributed by atoms with Gasteiger partial charge in [0.25, 0.3) is 0 Å². The van der Waals surface area contributed by atoms with E-state index in [9.17, 15) is 17.2 Å². The Bertz CT molecular complexity index is 1170. The molecule has 7 heteroatoms. The number of fused-ring (bicyclic) bond motifs is 1. The number of halogens is 2. The van der Waals surface area contributed by atoms with Gasteiger partial charge in [-0.25, -0.2) is 17.2 Å². The molecule has 1 aliphatic rings. The number of hydrogen-bond donors (Lipinski definition) is 0. The molecular formula is C23H22F2N2O2S. The molecule has 3 aromatic carbocycles. The first-order valence-corrected chi connectivity index (χ1v) is 11.5. The van der Waals surface area contributed by atoms with Gasteiger partial charge in [-0.1, -0.05) is 18.2 Å². The Morgan fingerprint density at radius 1 is 0.833 bits per heavy atom. The molecule has 0 atom stereocenters. The van der Waals surface area contributed by atoms with Crippen LogP contribution in [0.1, 0.15) is 5.56 Å². The number of benzene rings is 3. The van der Waals surface area contributed by atoms with Gasteiger partial charge in [0.05, 0.1) is 4.90 Å². The molecule has 0 fully saturated rings. The Morgan fingerprint density at radius 3 is 2.10 bits per heavy atom. The lowest BCUT2D eigenvalue weighted by atomic mass is 10.0. The minimum Gasteiger partial charge on any atom is -0.340 e. The first kappa shape index (κ1) is 20.5. The molecule has 0 N–H and O–H groups in total. The van der Waals surface area contributed by atoms with Crippen LogP contribution in [0, 0.1) is 11.6 Å². The number of hydrogen-bond acceptors (Lipinski definition) is 4. The molecule has 4 rings (SSSR count). The van der Waals surface area contributed by atoms with Crippen LogP contribution >= 0.6 is 0 Å². The van der Waals surface area contributed by atoms with E-state index in [1.54, 1.807) is 24.3 Å². The summed E-state index contributed by atoms with van der Waals surface area (Å²) < 4.78 is 51.0. The Labute approximate surface area is 175 Å². The highest BCUT2D eigenvalue weighted by atomic mass is 32.2. The number of nitrogens with zero attached hydrogens (tertiary/aromatic N) is 2. The van der Waals surface area contributed by atoms with E-state index in [0.717, 1.165) is 35.0 Å². The number of sulfone groups is 1. The summed E-state index contributed by atoms with van der Waals surface area (Å²) in [5.74, 6) is -1.21. The van der Waals surface area contributed by atoms with Crippen LogP contribution in [0.4, 0.5) is 20.2 Å². The number of likely N-dealkylation sites (N-methyl/N-ethyl adjacent to an activating group) is 1.